The van der Waals surface area contributed by atoms with Gasteiger partial charge in [0.1, 0.15) is 22.9 Å². The Morgan fingerprint density at radius 3 is 2.95 bits per heavy atom. The van der Waals surface area contributed by atoms with Gasteiger partial charge in [-0.2, -0.15) is 0 Å². The van der Waals surface area contributed by atoms with Crippen molar-refractivity contribution in [1.82, 2.24) is 4.98 Å². The van der Waals surface area contributed by atoms with E-state index in [0.29, 0.717) is 16.5 Å². The fourth-order valence-corrected chi connectivity index (χ4v) is 2.90. The summed E-state index contributed by atoms with van der Waals surface area (Å²) in [4.78, 5) is 20.1. The van der Waals surface area contributed by atoms with E-state index in [9.17, 15) is 9.90 Å². The summed E-state index contributed by atoms with van der Waals surface area (Å²) in [6.07, 6.45) is 1.49. The van der Waals surface area contributed by atoms with Gasteiger partial charge in [-0.1, -0.05) is 0 Å². The van der Waals surface area contributed by atoms with Gasteiger partial charge in [0, 0.05) is 18.0 Å². The number of hydrogen-bond donors (Lipinski definition) is 2. The maximum absolute atomic E-state index is 11.6. The Morgan fingerprint density at radius 2 is 2.35 bits per heavy atom. The molecule has 1 aromatic heterocycles. The molecular weight excluding hydrogens is 280 g/mol. The topological polar surface area (TPSA) is 92.0 Å². The van der Waals surface area contributed by atoms with Crippen LogP contribution in [0.1, 0.15) is 19.5 Å². The van der Waals surface area contributed by atoms with E-state index in [2.05, 4.69) is 9.98 Å². The van der Waals surface area contributed by atoms with Crippen LogP contribution >= 0.6 is 11.8 Å². The van der Waals surface area contributed by atoms with E-state index in [4.69, 9.17) is 9.84 Å². The van der Waals surface area contributed by atoms with Crippen LogP contribution in [0.3, 0.4) is 0 Å². The van der Waals surface area contributed by atoms with Crippen molar-refractivity contribution in [2.75, 3.05) is 19.0 Å². The lowest BCUT2D eigenvalue weighted by Crippen LogP contribution is -2.31. The molecule has 0 fully saturated rings. The molecule has 108 valence electrons. The van der Waals surface area contributed by atoms with Crippen LogP contribution in [0.5, 0.6) is 11.5 Å². The van der Waals surface area contributed by atoms with Crippen molar-refractivity contribution in [1.29, 1.82) is 0 Å². The Kier molecular flexibility index (Phi) is 4.29. The molecule has 6 nitrogen and oxygen atoms in total. The van der Waals surface area contributed by atoms with Gasteiger partial charge >= 0.3 is 0 Å². The van der Waals surface area contributed by atoms with Crippen LogP contribution in [-0.4, -0.2) is 50.5 Å². The molecule has 0 bridgehead atoms. The van der Waals surface area contributed by atoms with Crippen molar-refractivity contribution in [3.8, 4) is 11.5 Å². The van der Waals surface area contributed by atoms with Crippen molar-refractivity contribution < 1.29 is 19.7 Å². The third-order valence-electron chi connectivity index (χ3n) is 3.04. The summed E-state index contributed by atoms with van der Waals surface area (Å²) in [7, 11) is 0. The number of rotatable bonds is 5. The van der Waals surface area contributed by atoms with Crippen LogP contribution in [0.2, 0.25) is 0 Å². The van der Waals surface area contributed by atoms with Crippen molar-refractivity contribution >= 4 is 22.6 Å². The second-order valence-electron chi connectivity index (χ2n) is 4.61. The molecule has 0 aliphatic carbocycles. The second kappa shape index (κ2) is 5.80. The Morgan fingerprint density at radius 1 is 1.60 bits per heavy atom. The van der Waals surface area contributed by atoms with E-state index in [1.165, 1.54) is 30.9 Å². The smallest absolute Gasteiger partial charge is 0.186 e. The third kappa shape index (κ3) is 2.78. The lowest BCUT2D eigenvalue weighted by Gasteiger charge is -2.14. The molecule has 2 heterocycles. The van der Waals surface area contributed by atoms with Crippen LogP contribution in [0, 0.1) is 0 Å². The van der Waals surface area contributed by atoms with Gasteiger partial charge in [0.15, 0.2) is 17.3 Å². The molecule has 0 spiro atoms. The zero-order valence-electron chi connectivity index (χ0n) is 11.3. The van der Waals surface area contributed by atoms with Crippen molar-refractivity contribution in [3.63, 3.8) is 0 Å². The maximum Gasteiger partial charge on any atom is 0.186 e. The van der Waals surface area contributed by atoms with Crippen LogP contribution in [-0.2, 0) is 4.79 Å². The van der Waals surface area contributed by atoms with Gasteiger partial charge in [-0.05, 0) is 13.8 Å². The molecule has 20 heavy (non-hydrogen) atoms. The highest BCUT2D eigenvalue weighted by atomic mass is 32.2. The van der Waals surface area contributed by atoms with Crippen LogP contribution in [0.15, 0.2) is 17.3 Å². The monoisotopic (exact) mass is 296 g/mol. The summed E-state index contributed by atoms with van der Waals surface area (Å²) in [5.74, 6) is 0.622. The SMILES string of the molecule is CC(=O)[C@@]1(C)CSC(c2nccc(OCCO)c2O)=N1. The molecule has 1 aromatic rings. The van der Waals surface area contributed by atoms with E-state index in [1.54, 1.807) is 6.92 Å². The molecule has 0 saturated carbocycles. The van der Waals surface area contributed by atoms with Gasteiger partial charge < -0.3 is 14.9 Å². The molecule has 2 N–H and O–H groups in total. The lowest BCUT2D eigenvalue weighted by molar-refractivity contribution is -0.120. The predicted octanol–water partition coefficient (Wildman–Crippen LogP) is 0.999. The van der Waals surface area contributed by atoms with E-state index >= 15 is 0 Å². The van der Waals surface area contributed by atoms with Crippen molar-refractivity contribution in [3.05, 3.63) is 18.0 Å². The largest absolute Gasteiger partial charge is 0.503 e. The van der Waals surface area contributed by atoms with E-state index in [-0.39, 0.29) is 30.5 Å². The molecule has 0 saturated heterocycles. The summed E-state index contributed by atoms with van der Waals surface area (Å²) >= 11 is 1.38. The highest BCUT2D eigenvalue weighted by Gasteiger charge is 2.36. The Balaban J connectivity index is 2.33. The summed E-state index contributed by atoms with van der Waals surface area (Å²) in [5.41, 5.74) is -0.466. The molecule has 1 aliphatic rings. The van der Waals surface area contributed by atoms with Crippen LogP contribution < -0.4 is 4.74 Å². The number of pyridine rings is 1. The first kappa shape index (κ1) is 14.8. The Labute approximate surface area is 120 Å². The molecule has 0 radical (unpaired) electrons. The fraction of sp³-hybridized carbons (Fsp3) is 0.462. The number of Topliss-reactive ketones (excluding diaryl/α,β-unsaturated/α-hetero) is 1. The molecule has 0 unspecified atom stereocenters. The first-order valence-electron chi connectivity index (χ1n) is 6.13. The second-order valence-corrected chi connectivity index (χ2v) is 5.58. The Hall–Kier alpha value is -1.60. The quantitative estimate of drug-likeness (QED) is 0.842. The Bertz CT molecular complexity index is 561. The van der Waals surface area contributed by atoms with Gasteiger partial charge in [-0.15, -0.1) is 11.8 Å². The first-order valence-corrected chi connectivity index (χ1v) is 7.12. The van der Waals surface area contributed by atoms with E-state index in [1.807, 2.05) is 0 Å². The van der Waals surface area contributed by atoms with Crippen molar-refractivity contribution in [2.45, 2.75) is 19.4 Å². The van der Waals surface area contributed by atoms with Crippen molar-refractivity contribution in [2.24, 2.45) is 4.99 Å². The zero-order valence-corrected chi connectivity index (χ0v) is 12.1. The zero-order chi connectivity index (χ0) is 14.8. The number of aliphatic hydroxyl groups excluding tert-OH is 1. The minimum atomic E-state index is -0.768. The van der Waals surface area contributed by atoms with Gasteiger partial charge in [-0.25, -0.2) is 4.98 Å². The van der Waals surface area contributed by atoms with E-state index < -0.39 is 5.54 Å². The number of ether oxygens (including phenoxy) is 1. The van der Waals surface area contributed by atoms with Crippen LogP contribution in [0.4, 0.5) is 0 Å². The summed E-state index contributed by atoms with van der Waals surface area (Å²) in [5, 5.41) is 19.4. The minimum absolute atomic E-state index is 0.0211. The number of thioether (sulfide) groups is 1. The van der Waals surface area contributed by atoms with Gasteiger partial charge in [0.05, 0.1) is 6.61 Å². The normalized spacial score (nSPS) is 21.6. The summed E-state index contributed by atoms with van der Waals surface area (Å²) in [6, 6.07) is 1.51. The van der Waals surface area contributed by atoms with Gasteiger partial charge in [0.2, 0.25) is 0 Å². The number of aromatic nitrogens is 1. The summed E-state index contributed by atoms with van der Waals surface area (Å²) < 4.78 is 5.21. The number of aliphatic imine (C=N–C) groups is 1. The molecule has 1 atom stereocenters. The number of ketones is 1. The standard InChI is InChI=1S/C13H16N2O4S/c1-8(17)13(2)7-20-12(15-13)10-11(18)9(3-4-14-10)19-6-5-16/h3-4,16,18H,5-7H2,1-2H3/t13-/m1/s1. The summed E-state index contributed by atoms with van der Waals surface area (Å²) in [6.45, 7) is 3.20. The fourth-order valence-electron chi connectivity index (χ4n) is 1.66. The van der Waals surface area contributed by atoms with Gasteiger partial charge in [0.25, 0.3) is 0 Å². The number of carbonyl (C=O) groups excluding carboxylic acids is 1. The van der Waals surface area contributed by atoms with Gasteiger partial charge in [-0.3, -0.25) is 9.79 Å². The third-order valence-corrected chi connectivity index (χ3v) is 4.30. The molecule has 2 rings (SSSR count). The highest BCUT2D eigenvalue weighted by molar-refractivity contribution is 8.14. The molecule has 0 aromatic carbocycles. The number of hydrogen-bond acceptors (Lipinski definition) is 7. The highest BCUT2D eigenvalue weighted by Crippen LogP contribution is 2.36. The maximum atomic E-state index is 11.6. The average Bonchev–Trinajstić information content (AvgIpc) is 2.81. The number of carbonyl (C=O) groups is 1. The first-order chi connectivity index (χ1) is 9.48. The number of aromatic hydroxyl groups is 1. The van der Waals surface area contributed by atoms with Crippen LogP contribution in [0.25, 0.3) is 0 Å². The lowest BCUT2D eigenvalue weighted by atomic mass is 10.0. The predicted molar refractivity (Wildman–Crippen MR) is 76.6 cm³/mol. The molecule has 7 heteroatoms. The molecular formula is C13H16N2O4S. The minimum Gasteiger partial charge on any atom is -0.503 e. The van der Waals surface area contributed by atoms with E-state index in [0.717, 1.165) is 0 Å². The molecule has 0 amide bonds. The molecule has 1 aliphatic heterocycles. The average molecular weight is 296 g/mol. The number of aliphatic hydroxyl groups is 1. The number of nitrogens with zero attached hydrogens (tertiary/aromatic N) is 2.